The van der Waals surface area contributed by atoms with Crippen molar-refractivity contribution in [2.75, 3.05) is 26.2 Å². The molecule has 3 nitrogen and oxygen atoms in total. The van der Waals surface area contributed by atoms with Crippen LogP contribution >= 0.6 is 24.0 Å². The molecule has 0 radical (unpaired) electrons. The highest BCUT2D eigenvalue weighted by atomic mass is 35.5. The lowest BCUT2D eigenvalue weighted by atomic mass is 10.0. The molecule has 1 aromatic heterocycles. The van der Waals surface area contributed by atoms with E-state index in [2.05, 4.69) is 10.2 Å². The summed E-state index contributed by atoms with van der Waals surface area (Å²) in [5.41, 5.74) is 0.826. The fourth-order valence-electron chi connectivity index (χ4n) is 2.68. The zero-order valence-electron chi connectivity index (χ0n) is 11.4. The molecule has 21 heavy (non-hydrogen) atoms. The number of piperazine rings is 1. The molecule has 1 saturated heterocycles. The van der Waals surface area contributed by atoms with Gasteiger partial charge in [0.05, 0.1) is 12.3 Å². The first kappa shape index (κ1) is 16.3. The van der Waals surface area contributed by atoms with Crippen LogP contribution in [0.2, 0.25) is 5.02 Å². The Labute approximate surface area is 134 Å². The maximum Gasteiger partial charge on any atom is 0.125 e. The van der Waals surface area contributed by atoms with Gasteiger partial charge in [0.25, 0.3) is 0 Å². The number of hydrogen-bond acceptors (Lipinski definition) is 3. The Morgan fingerprint density at radius 3 is 2.62 bits per heavy atom. The zero-order chi connectivity index (χ0) is 13.9. The highest BCUT2D eigenvalue weighted by Crippen LogP contribution is 2.31. The molecule has 3 rings (SSSR count). The molecular formula is C15H17Cl2FN2O. The summed E-state index contributed by atoms with van der Waals surface area (Å²) < 4.78 is 19.2. The standard InChI is InChI=1S/C15H16ClFN2O.ClH/c16-12-8-11(9-13(17)10-12)15(14-2-1-7-20-14)19-5-3-18-4-6-19;/h1-2,7-10,15,18H,3-6H2;1H/t15-;/m1./s1. The van der Waals surface area contributed by atoms with Gasteiger partial charge in [-0.15, -0.1) is 12.4 Å². The smallest absolute Gasteiger partial charge is 0.125 e. The minimum absolute atomic E-state index is 0. The van der Waals surface area contributed by atoms with Gasteiger partial charge < -0.3 is 9.73 Å². The minimum Gasteiger partial charge on any atom is -0.467 e. The summed E-state index contributed by atoms with van der Waals surface area (Å²) in [6, 6.07) is 8.33. The third-order valence-electron chi connectivity index (χ3n) is 3.53. The summed E-state index contributed by atoms with van der Waals surface area (Å²) in [5.74, 6) is 0.493. The number of nitrogens with one attached hydrogen (secondary N) is 1. The molecule has 2 aromatic rings. The second-order valence-electron chi connectivity index (χ2n) is 4.91. The molecule has 0 aliphatic carbocycles. The largest absolute Gasteiger partial charge is 0.467 e. The molecule has 0 saturated carbocycles. The van der Waals surface area contributed by atoms with Crippen LogP contribution in [-0.2, 0) is 0 Å². The summed E-state index contributed by atoms with van der Waals surface area (Å²) in [6.07, 6.45) is 1.64. The van der Waals surface area contributed by atoms with Crippen LogP contribution in [0.4, 0.5) is 4.39 Å². The molecule has 114 valence electrons. The van der Waals surface area contributed by atoms with Crippen molar-refractivity contribution in [1.29, 1.82) is 0 Å². The van der Waals surface area contributed by atoms with Crippen LogP contribution in [0.15, 0.2) is 41.0 Å². The fourth-order valence-corrected chi connectivity index (χ4v) is 2.91. The quantitative estimate of drug-likeness (QED) is 0.933. The van der Waals surface area contributed by atoms with Crippen molar-refractivity contribution < 1.29 is 8.81 Å². The molecule has 1 N–H and O–H groups in total. The third-order valence-corrected chi connectivity index (χ3v) is 3.75. The van der Waals surface area contributed by atoms with E-state index in [1.807, 2.05) is 12.1 Å². The Morgan fingerprint density at radius 2 is 2.00 bits per heavy atom. The van der Waals surface area contributed by atoms with E-state index in [-0.39, 0.29) is 24.3 Å². The van der Waals surface area contributed by atoms with Crippen molar-refractivity contribution in [2.45, 2.75) is 6.04 Å². The van der Waals surface area contributed by atoms with Gasteiger partial charge in [-0.2, -0.15) is 0 Å². The minimum atomic E-state index is -0.320. The monoisotopic (exact) mass is 330 g/mol. The van der Waals surface area contributed by atoms with E-state index in [9.17, 15) is 4.39 Å². The molecule has 1 aliphatic rings. The van der Waals surface area contributed by atoms with Crippen LogP contribution in [0.5, 0.6) is 0 Å². The highest BCUT2D eigenvalue weighted by Gasteiger charge is 2.26. The van der Waals surface area contributed by atoms with Crippen molar-refractivity contribution in [2.24, 2.45) is 0 Å². The molecule has 1 aliphatic heterocycles. The van der Waals surface area contributed by atoms with Crippen molar-refractivity contribution in [3.05, 3.63) is 58.8 Å². The van der Waals surface area contributed by atoms with Crippen LogP contribution in [0, 0.1) is 5.82 Å². The highest BCUT2D eigenvalue weighted by molar-refractivity contribution is 6.30. The summed E-state index contributed by atoms with van der Waals surface area (Å²) in [5, 5.41) is 3.73. The van der Waals surface area contributed by atoms with Crippen LogP contribution in [0.1, 0.15) is 17.4 Å². The number of halogens is 3. The maximum atomic E-state index is 13.7. The Balaban J connectivity index is 0.00000161. The van der Waals surface area contributed by atoms with Crippen molar-refractivity contribution in [1.82, 2.24) is 10.2 Å². The summed E-state index contributed by atoms with van der Waals surface area (Å²) in [4.78, 5) is 2.28. The fraction of sp³-hybridized carbons (Fsp3) is 0.333. The lowest BCUT2D eigenvalue weighted by Crippen LogP contribution is -2.45. The summed E-state index contributed by atoms with van der Waals surface area (Å²) in [7, 11) is 0. The van der Waals surface area contributed by atoms with Gasteiger partial charge in [-0.05, 0) is 35.9 Å². The van der Waals surface area contributed by atoms with E-state index in [1.165, 1.54) is 12.1 Å². The molecule has 0 unspecified atom stereocenters. The predicted molar refractivity (Wildman–Crippen MR) is 83.7 cm³/mol. The van der Waals surface area contributed by atoms with Gasteiger partial charge >= 0.3 is 0 Å². The van der Waals surface area contributed by atoms with Gasteiger partial charge in [-0.1, -0.05) is 11.6 Å². The van der Waals surface area contributed by atoms with Crippen LogP contribution in [0.25, 0.3) is 0 Å². The van der Waals surface area contributed by atoms with E-state index in [0.717, 1.165) is 37.5 Å². The zero-order valence-corrected chi connectivity index (χ0v) is 13.0. The van der Waals surface area contributed by atoms with Gasteiger partial charge in [0, 0.05) is 31.2 Å². The van der Waals surface area contributed by atoms with Gasteiger partial charge in [0.1, 0.15) is 11.6 Å². The average molecular weight is 331 g/mol. The maximum absolute atomic E-state index is 13.7. The van der Waals surface area contributed by atoms with Crippen molar-refractivity contribution in [3.63, 3.8) is 0 Å². The van der Waals surface area contributed by atoms with Crippen LogP contribution in [-0.4, -0.2) is 31.1 Å². The van der Waals surface area contributed by atoms with E-state index in [0.29, 0.717) is 5.02 Å². The van der Waals surface area contributed by atoms with E-state index in [4.69, 9.17) is 16.0 Å². The predicted octanol–water partition coefficient (Wildman–Crippen LogP) is 3.49. The summed E-state index contributed by atoms with van der Waals surface area (Å²) in [6.45, 7) is 3.61. The Morgan fingerprint density at radius 1 is 1.24 bits per heavy atom. The normalized spacial score (nSPS) is 17.2. The number of furan rings is 1. The molecule has 1 aromatic carbocycles. The Bertz CT molecular complexity index is 551. The number of rotatable bonds is 3. The Kier molecular flexibility index (Phi) is 5.65. The SMILES string of the molecule is Cl.Fc1cc(Cl)cc([C@H](c2ccco2)N2CCNCC2)c1. The number of nitrogens with zero attached hydrogens (tertiary/aromatic N) is 1. The van der Waals surface area contributed by atoms with Crippen LogP contribution < -0.4 is 5.32 Å². The Hall–Kier alpha value is -1.07. The van der Waals surface area contributed by atoms with Crippen LogP contribution in [0.3, 0.4) is 0 Å². The van der Waals surface area contributed by atoms with E-state index >= 15 is 0 Å². The molecule has 2 heterocycles. The van der Waals surface area contributed by atoms with Gasteiger partial charge in [0.15, 0.2) is 0 Å². The first-order valence-electron chi connectivity index (χ1n) is 6.68. The first-order chi connectivity index (χ1) is 9.74. The lowest BCUT2D eigenvalue weighted by Gasteiger charge is -2.34. The molecule has 0 bridgehead atoms. The van der Waals surface area contributed by atoms with Gasteiger partial charge in [-0.25, -0.2) is 4.39 Å². The molecular weight excluding hydrogens is 314 g/mol. The van der Waals surface area contributed by atoms with Crippen molar-refractivity contribution in [3.8, 4) is 0 Å². The summed E-state index contributed by atoms with van der Waals surface area (Å²) >= 11 is 5.99. The third kappa shape index (κ3) is 3.77. The van der Waals surface area contributed by atoms with E-state index in [1.54, 1.807) is 12.3 Å². The molecule has 0 spiro atoms. The molecule has 1 fully saturated rings. The van der Waals surface area contributed by atoms with Crippen molar-refractivity contribution >= 4 is 24.0 Å². The molecule has 1 atom stereocenters. The second kappa shape index (κ2) is 7.27. The lowest BCUT2D eigenvalue weighted by molar-refractivity contribution is 0.180. The molecule has 0 amide bonds. The number of benzene rings is 1. The first-order valence-corrected chi connectivity index (χ1v) is 7.06. The number of hydrogen-bond donors (Lipinski definition) is 1. The van der Waals surface area contributed by atoms with Gasteiger partial charge in [0.2, 0.25) is 0 Å². The molecule has 6 heteroatoms. The van der Waals surface area contributed by atoms with Gasteiger partial charge in [-0.3, -0.25) is 4.90 Å². The van der Waals surface area contributed by atoms with E-state index < -0.39 is 0 Å². The average Bonchev–Trinajstić information content (AvgIpc) is 2.93. The second-order valence-corrected chi connectivity index (χ2v) is 5.34. The topological polar surface area (TPSA) is 28.4 Å².